The molecule has 0 saturated heterocycles. The van der Waals surface area contributed by atoms with E-state index in [1.54, 1.807) is 4.57 Å². The van der Waals surface area contributed by atoms with Crippen LogP contribution in [0.15, 0.2) is 9.21 Å². The zero-order valence-electron chi connectivity index (χ0n) is 7.18. The van der Waals surface area contributed by atoms with Crippen LogP contribution in [0.2, 0.25) is 0 Å². The van der Waals surface area contributed by atoms with Crippen molar-refractivity contribution in [2.45, 2.75) is 33.7 Å². The Kier molecular flexibility index (Phi) is 2.17. The van der Waals surface area contributed by atoms with E-state index in [0.29, 0.717) is 0 Å². The lowest BCUT2D eigenvalue weighted by molar-refractivity contribution is 0.457. The number of aromatic nitrogens is 1. The lowest BCUT2D eigenvalue weighted by Gasteiger charge is -1.97. The Bertz CT molecular complexity index is 296. The highest BCUT2D eigenvalue weighted by atomic mass is 16.4. The van der Waals surface area contributed by atoms with Crippen LogP contribution in [0, 0.1) is 13.8 Å². The fourth-order valence-corrected chi connectivity index (χ4v) is 1.07. The van der Waals surface area contributed by atoms with Crippen LogP contribution in [0.25, 0.3) is 0 Å². The Hall–Kier alpha value is -0.990. The third-order valence-corrected chi connectivity index (χ3v) is 1.82. The van der Waals surface area contributed by atoms with Crippen LogP contribution in [0.5, 0.6) is 0 Å². The first-order valence-corrected chi connectivity index (χ1v) is 3.83. The highest BCUT2D eigenvalue weighted by molar-refractivity contribution is 5.04. The Balaban J connectivity index is 3.12. The zero-order valence-corrected chi connectivity index (χ0v) is 7.18. The number of nitrogens with zero attached hydrogens (tertiary/aromatic N) is 1. The molecular formula is C8H13NO2. The van der Waals surface area contributed by atoms with Gasteiger partial charge < -0.3 is 4.42 Å². The maximum absolute atomic E-state index is 11.0. The molecule has 0 aliphatic heterocycles. The second-order valence-electron chi connectivity index (χ2n) is 2.66. The normalized spacial score (nSPS) is 10.5. The standard InChI is InChI=1S/C8H13NO2/c1-4-5-9-6(2)7(3)11-8(9)10/h4-5H2,1-3H3. The molecule has 0 N–H and O–H groups in total. The van der Waals surface area contributed by atoms with Gasteiger partial charge in [-0.3, -0.25) is 4.57 Å². The smallest absolute Gasteiger partial charge is 0.413 e. The van der Waals surface area contributed by atoms with Crippen LogP contribution in [0.4, 0.5) is 0 Å². The van der Waals surface area contributed by atoms with Crippen molar-refractivity contribution in [1.29, 1.82) is 0 Å². The van der Waals surface area contributed by atoms with Gasteiger partial charge >= 0.3 is 5.76 Å². The van der Waals surface area contributed by atoms with Gasteiger partial charge in [0.1, 0.15) is 5.76 Å². The minimum absolute atomic E-state index is 0.234. The summed E-state index contributed by atoms with van der Waals surface area (Å²) < 4.78 is 6.57. The largest absolute Gasteiger partial charge is 0.419 e. The molecule has 0 radical (unpaired) electrons. The van der Waals surface area contributed by atoms with Crippen LogP contribution in [0.3, 0.4) is 0 Å². The van der Waals surface area contributed by atoms with Gasteiger partial charge in [0.2, 0.25) is 0 Å². The quantitative estimate of drug-likeness (QED) is 0.648. The van der Waals surface area contributed by atoms with Crippen molar-refractivity contribution < 1.29 is 4.42 Å². The molecule has 1 heterocycles. The van der Waals surface area contributed by atoms with E-state index in [4.69, 9.17) is 4.42 Å². The third kappa shape index (κ3) is 1.37. The summed E-state index contributed by atoms with van der Waals surface area (Å²) in [6, 6.07) is 0. The molecule has 1 aromatic rings. The van der Waals surface area contributed by atoms with Gasteiger partial charge in [0.15, 0.2) is 0 Å². The molecule has 62 valence electrons. The van der Waals surface area contributed by atoms with E-state index in [1.165, 1.54) is 0 Å². The van der Waals surface area contributed by atoms with Crippen LogP contribution in [-0.4, -0.2) is 4.57 Å². The van der Waals surface area contributed by atoms with Gasteiger partial charge in [-0.25, -0.2) is 4.79 Å². The van der Waals surface area contributed by atoms with Crippen molar-refractivity contribution >= 4 is 0 Å². The van der Waals surface area contributed by atoms with Crippen molar-refractivity contribution in [2.24, 2.45) is 0 Å². The summed E-state index contributed by atoms with van der Waals surface area (Å²) in [6.45, 7) is 6.50. The van der Waals surface area contributed by atoms with Crippen LogP contribution >= 0.6 is 0 Å². The lowest BCUT2D eigenvalue weighted by atomic mass is 10.4. The Morgan fingerprint density at radius 3 is 2.45 bits per heavy atom. The average molecular weight is 155 g/mol. The fourth-order valence-electron chi connectivity index (χ4n) is 1.07. The first-order valence-electron chi connectivity index (χ1n) is 3.83. The molecule has 0 aliphatic carbocycles. The highest BCUT2D eigenvalue weighted by Crippen LogP contribution is 2.03. The van der Waals surface area contributed by atoms with Crippen molar-refractivity contribution in [2.75, 3.05) is 0 Å². The number of hydrogen-bond donors (Lipinski definition) is 0. The van der Waals surface area contributed by atoms with E-state index in [0.717, 1.165) is 24.4 Å². The van der Waals surface area contributed by atoms with Crippen molar-refractivity contribution in [3.8, 4) is 0 Å². The first kappa shape index (κ1) is 8.11. The van der Waals surface area contributed by atoms with E-state index in [1.807, 2.05) is 20.8 Å². The van der Waals surface area contributed by atoms with Gasteiger partial charge in [-0.1, -0.05) is 6.92 Å². The Morgan fingerprint density at radius 2 is 2.09 bits per heavy atom. The van der Waals surface area contributed by atoms with Crippen LogP contribution in [-0.2, 0) is 6.54 Å². The molecule has 0 aromatic carbocycles. The van der Waals surface area contributed by atoms with Crippen LogP contribution in [0.1, 0.15) is 24.8 Å². The van der Waals surface area contributed by atoms with E-state index < -0.39 is 0 Å². The van der Waals surface area contributed by atoms with Gasteiger partial charge in [0, 0.05) is 6.54 Å². The second kappa shape index (κ2) is 2.95. The molecule has 3 heteroatoms. The van der Waals surface area contributed by atoms with E-state index in [2.05, 4.69) is 0 Å². The molecule has 0 spiro atoms. The summed E-state index contributed by atoms with van der Waals surface area (Å²) in [5, 5.41) is 0. The third-order valence-electron chi connectivity index (χ3n) is 1.82. The second-order valence-corrected chi connectivity index (χ2v) is 2.66. The lowest BCUT2D eigenvalue weighted by Crippen LogP contribution is -2.15. The predicted molar refractivity (Wildman–Crippen MR) is 42.7 cm³/mol. The van der Waals surface area contributed by atoms with Crippen molar-refractivity contribution in [3.63, 3.8) is 0 Å². The molecular weight excluding hydrogens is 142 g/mol. The van der Waals surface area contributed by atoms with Crippen LogP contribution < -0.4 is 5.76 Å². The minimum atomic E-state index is -0.234. The summed E-state index contributed by atoms with van der Waals surface area (Å²) in [5.41, 5.74) is 0.942. The van der Waals surface area contributed by atoms with E-state index >= 15 is 0 Å². The molecule has 11 heavy (non-hydrogen) atoms. The van der Waals surface area contributed by atoms with Gasteiger partial charge in [0.25, 0.3) is 0 Å². The number of aryl methyl sites for hydroxylation is 1. The molecule has 0 saturated carbocycles. The summed E-state index contributed by atoms with van der Waals surface area (Å²) in [4.78, 5) is 11.0. The average Bonchev–Trinajstić information content (AvgIpc) is 2.17. The van der Waals surface area contributed by atoms with Gasteiger partial charge in [0.05, 0.1) is 5.69 Å². The molecule has 3 nitrogen and oxygen atoms in total. The molecule has 0 fully saturated rings. The van der Waals surface area contributed by atoms with Crippen molar-refractivity contribution in [1.82, 2.24) is 4.57 Å². The fraction of sp³-hybridized carbons (Fsp3) is 0.625. The molecule has 1 aromatic heterocycles. The zero-order chi connectivity index (χ0) is 8.43. The number of hydrogen-bond acceptors (Lipinski definition) is 2. The topological polar surface area (TPSA) is 35.1 Å². The predicted octanol–water partition coefficient (Wildman–Crippen LogP) is 1.47. The molecule has 0 aliphatic rings. The maximum Gasteiger partial charge on any atom is 0.419 e. The number of rotatable bonds is 2. The van der Waals surface area contributed by atoms with Crippen molar-refractivity contribution in [3.05, 3.63) is 22.0 Å². The summed E-state index contributed by atoms with van der Waals surface area (Å²) in [5.74, 6) is 0.491. The summed E-state index contributed by atoms with van der Waals surface area (Å²) in [7, 11) is 0. The first-order chi connectivity index (χ1) is 5.16. The SMILES string of the molecule is CCCn1c(C)c(C)oc1=O. The molecule has 0 unspecified atom stereocenters. The molecule has 0 bridgehead atoms. The van der Waals surface area contributed by atoms with Gasteiger partial charge in [-0.2, -0.15) is 0 Å². The monoisotopic (exact) mass is 155 g/mol. The Morgan fingerprint density at radius 1 is 1.45 bits per heavy atom. The molecule has 0 amide bonds. The molecule has 0 atom stereocenters. The van der Waals surface area contributed by atoms with Gasteiger partial charge in [-0.05, 0) is 20.3 Å². The van der Waals surface area contributed by atoms with Gasteiger partial charge in [-0.15, -0.1) is 0 Å². The molecule has 1 rings (SSSR count). The van der Waals surface area contributed by atoms with E-state index in [9.17, 15) is 4.79 Å². The highest BCUT2D eigenvalue weighted by Gasteiger charge is 2.06. The van der Waals surface area contributed by atoms with E-state index in [-0.39, 0.29) is 5.76 Å². The Labute approximate surface area is 65.6 Å². The minimum Gasteiger partial charge on any atom is -0.413 e. The summed E-state index contributed by atoms with van der Waals surface area (Å²) >= 11 is 0. The number of oxazole rings is 1. The summed E-state index contributed by atoms with van der Waals surface area (Å²) in [6.07, 6.45) is 0.958. The maximum atomic E-state index is 11.0.